The number of aromatic nitrogens is 4. The van der Waals surface area contributed by atoms with Crippen molar-refractivity contribution in [3.63, 3.8) is 0 Å². The zero-order valence-electron chi connectivity index (χ0n) is 12.6. The van der Waals surface area contributed by atoms with Crippen LogP contribution in [0, 0.1) is 6.92 Å². The highest BCUT2D eigenvalue weighted by atomic mass is 16.5. The fraction of sp³-hybridized carbons (Fsp3) is 0.200. The van der Waals surface area contributed by atoms with Crippen LogP contribution < -0.4 is 15.6 Å². The average molecular weight is 313 g/mol. The summed E-state index contributed by atoms with van der Waals surface area (Å²) in [6, 6.07) is 6.52. The zero-order chi connectivity index (χ0) is 16.4. The number of nitrogens with zero attached hydrogens (tertiary/aromatic N) is 3. The van der Waals surface area contributed by atoms with Gasteiger partial charge in [-0.05, 0) is 32.0 Å². The van der Waals surface area contributed by atoms with E-state index >= 15 is 0 Å². The lowest BCUT2D eigenvalue weighted by molar-refractivity contribution is 0.340. The van der Waals surface area contributed by atoms with Gasteiger partial charge in [0.05, 0.1) is 23.9 Å². The van der Waals surface area contributed by atoms with Gasteiger partial charge in [0, 0.05) is 5.39 Å². The van der Waals surface area contributed by atoms with Crippen LogP contribution in [0.25, 0.3) is 10.9 Å². The Morgan fingerprint density at radius 1 is 1.26 bits per heavy atom. The van der Waals surface area contributed by atoms with Crippen molar-refractivity contribution in [3.8, 4) is 11.6 Å². The predicted molar refractivity (Wildman–Crippen MR) is 85.2 cm³/mol. The highest BCUT2D eigenvalue weighted by Gasteiger charge is 2.08. The summed E-state index contributed by atoms with van der Waals surface area (Å²) in [6.07, 6.45) is 0. The van der Waals surface area contributed by atoms with E-state index in [1.807, 2.05) is 32.0 Å². The number of rotatable bonds is 4. The van der Waals surface area contributed by atoms with Gasteiger partial charge in [0.1, 0.15) is 5.75 Å². The second kappa shape index (κ2) is 5.91. The van der Waals surface area contributed by atoms with Crippen molar-refractivity contribution in [1.29, 1.82) is 0 Å². The molecule has 23 heavy (non-hydrogen) atoms. The highest BCUT2D eigenvalue weighted by molar-refractivity contribution is 5.83. The molecule has 0 aliphatic rings. The molecule has 0 saturated carbocycles. The van der Waals surface area contributed by atoms with E-state index in [1.54, 1.807) is 0 Å². The van der Waals surface area contributed by atoms with Crippen LogP contribution in [0.3, 0.4) is 0 Å². The number of H-pyrrole nitrogens is 1. The van der Waals surface area contributed by atoms with Crippen LogP contribution >= 0.6 is 0 Å². The molecule has 0 aliphatic heterocycles. The van der Waals surface area contributed by atoms with E-state index in [-0.39, 0.29) is 17.8 Å². The van der Waals surface area contributed by atoms with Gasteiger partial charge in [0.15, 0.2) is 0 Å². The predicted octanol–water partition coefficient (Wildman–Crippen LogP) is 1.87. The minimum absolute atomic E-state index is 0.0692. The second-order valence-corrected chi connectivity index (χ2v) is 4.82. The van der Waals surface area contributed by atoms with Gasteiger partial charge >= 0.3 is 0 Å². The molecule has 0 aliphatic carbocycles. The van der Waals surface area contributed by atoms with E-state index in [0.717, 1.165) is 28.4 Å². The summed E-state index contributed by atoms with van der Waals surface area (Å²) in [5.74, 6) is 0.717. The molecule has 0 bridgehead atoms. The molecule has 3 N–H and O–H groups in total. The first-order valence-electron chi connectivity index (χ1n) is 7.03. The van der Waals surface area contributed by atoms with Crippen LogP contribution in [-0.2, 0) is 0 Å². The van der Waals surface area contributed by atoms with Crippen LogP contribution in [0.5, 0.6) is 11.6 Å². The summed E-state index contributed by atoms with van der Waals surface area (Å²) in [4.78, 5) is 26.3. The maximum absolute atomic E-state index is 11.3. The van der Waals surface area contributed by atoms with E-state index in [9.17, 15) is 9.90 Å². The Kier molecular flexibility index (Phi) is 3.80. The third-order valence-electron chi connectivity index (χ3n) is 3.13. The van der Waals surface area contributed by atoms with Crippen molar-refractivity contribution in [2.45, 2.75) is 13.8 Å². The maximum atomic E-state index is 11.3. The monoisotopic (exact) mass is 313 g/mol. The Balaban J connectivity index is 1.99. The molecule has 3 rings (SSSR count). The molecule has 0 spiro atoms. The largest absolute Gasteiger partial charge is 0.494 e. The lowest BCUT2D eigenvalue weighted by Crippen LogP contribution is -2.10. The van der Waals surface area contributed by atoms with Gasteiger partial charge in [-0.25, -0.2) is 9.97 Å². The molecular formula is C15H15N5O3. The summed E-state index contributed by atoms with van der Waals surface area (Å²) in [5.41, 5.74) is 1.01. The average Bonchev–Trinajstić information content (AvgIpc) is 2.47. The number of fused-ring (bicyclic) bond motifs is 1. The maximum Gasteiger partial charge on any atom is 0.256 e. The third kappa shape index (κ3) is 3.20. The molecule has 1 aromatic carbocycles. The highest BCUT2D eigenvalue weighted by Crippen LogP contribution is 2.23. The Morgan fingerprint density at radius 3 is 2.83 bits per heavy atom. The van der Waals surface area contributed by atoms with Crippen molar-refractivity contribution in [1.82, 2.24) is 19.9 Å². The summed E-state index contributed by atoms with van der Waals surface area (Å²) in [6.45, 7) is 4.36. The molecule has 0 unspecified atom stereocenters. The molecule has 0 fully saturated rings. The number of aromatic hydroxyl groups is 1. The molecule has 0 atom stereocenters. The first-order chi connectivity index (χ1) is 11.0. The van der Waals surface area contributed by atoms with Crippen LogP contribution in [0.4, 0.5) is 11.9 Å². The quantitative estimate of drug-likeness (QED) is 0.673. The van der Waals surface area contributed by atoms with Gasteiger partial charge < -0.3 is 9.84 Å². The summed E-state index contributed by atoms with van der Waals surface area (Å²) < 4.78 is 5.47. The van der Waals surface area contributed by atoms with E-state index in [1.165, 1.54) is 0 Å². The number of hydrogen-bond acceptors (Lipinski definition) is 7. The number of anilines is 2. The SMILES string of the molecule is CCOc1ccc2nc(Nc3nc(O)cc(=O)[nH]3)nc(C)c2c1. The van der Waals surface area contributed by atoms with E-state index in [0.29, 0.717) is 6.61 Å². The normalized spacial score (nSPS) is 10.7. The van der Waals surface area contributed by atoms with Gasteiger partial charge in [-0.1, -0.05) is 0 Å². The molecule has 8 nitrogen and oxygen atoms in total. The molecule has 8 heteroatoms. The molecule has 0 radical (unpaired) electrons. The van der Waals surface area contributed by atoms with Crippen LogP contribution in [0.2, 0.25) is 0 Å². The number of aromatic amines is 1. The number of aryl methyl sites for hydroxylation is 1. The topological polar surface area (TPSA) is 113 Å². The number of ether oxygens (including phenoxy) is 1. The first kappa shape index (κ1) is 14.8. The lowest BCUT2D eigenvalue weighted by Gasteiger charge is -2.09. The lowest BCUT2D eigenvalue weighted by atomic mass is 10.2. The number of hydrogen-bond donors (Lipinski definition) is 3. The van der Waals surface area contributed by atoms with Gasteiger partial charge in [-0.3, -0.25) is 15.1 Å². The molecular weight excluding hydrogens is 298 g/mol. The standard InChI is InChI=1S/C15H15N5O3/c1-3-23-9-4-5-11-10(6-9)8(2)16-14(17-11)20-15-18-12(21)7-13(22)19-15/h4-7H,3H2,1-2H3,(H3,16,17,18,19,20,21,22). The minimum Gasteiger partial charge on any atom is -0.494 e. The summed E-state index contributed by atoms with van der Waals surface area (Å²) in [5, 5.41) is 13.0. The van der Waals surface area contributed by atoms with Crippen molar-refractivity contribution < 1.29 is 9.84 Å². The molecule has 118 valence electrons. The summed E-state index contributed by atoms with van der Waals surface area (Å²) >= 11 is 0. The van der Waals surface area contributed by atoms with Crippen molar-refractivity contribution >= 4 is 22.8 Å². The van der Waals surface area contributed by atoms with E-state index in [4.69, 9.17) is 4.74 Å². The molecule has 3 aromatic rings. The fourth-order valence-corrected chi connectivity index (χ4v) is 2.18. The van der Waals surface area contributed by atoms with E-state index < -0.39 is 5.56 Å². The Bertz CT molecular complexity index is 923. The minimum atomic E-state index is -0.473. The van der Waals surface area contributed by atoms with Gasteiger partial charge in [-0.15, -0.1) is 0 Å². The summed E-state index contributed by atoms with van der Waals surface area (Å²) in [7, 11) is 0. The zero-order valence-corrected chi connectivity index (χ0v) is 12.6. The number of benzene rings is 1. The molecule has 0 saturated heterocycles. The van der Waals surface area contributed by atoms with Crippen molar-refractivity contribution in [2.75, 3.05) is 11.9 Å². The van der Waals surface area contributed by atoms with Gasteiger partial charge in [-0.2, -0.15) is 4.98 Å². The van der Waals surface area contributed by atoms with Crippen molar-refractivity contribution in [2.24, 2.45) is 0 Å². The molecule has 2 heterocycles. The first-order valence-corrected chi connectivity index (χ1v) is 7.03. The Morgan fingerprint density at radius 2 is 2.09 bits per heavy atom. The van der Waals surface area contributed by atoms with Crippen LogP contribution in [0.1, 0.15) is 12.6 Å². The third-order valence-corrected chi connectivity index (χ3v) is 3.13. The Labute approximate surface area is 131 Å². The van der Waals surface area contributed by atoms with Crippen molar-refractivity contribution in [3.05, 3.63) is 40.3 Å². The van der Waals surface area contributed by atoms with Crippen LogP contribution in [-0.4, -0.2) is 31.6 Å². The number of nitrogens with one attached hydrogen (secondary N) is 2. The second-order valence-electron chi connectivity index (χ2n) is 4.82. The van der Waals surface area contributed by atoms with Gasteiger partial charge in [0.2, 0.25) is 17.8 Å². The smallest absolute Gasteiger partial charge is 0.256 e. The van der Waals surface area contributed by atoms with Gasteiger partial charge in [0.25, 0.3) is 5.56 Å². The molecule has 0 amide bonds. The Hall–Kier alpha value is -3.16. The fourth-order valence-electron chi connectivity index (χ4n) is 2.18. The van der Waals surface area contributed by atoms with E-state index in [2.05, 4.69) is 25.3 Å². The van der Waals surface area contributed by atoms with Crippen LogP contribution in [0.15, 0.2) is 29.1 Å². The molecule has 2 aromatic heterocycles.